The minimum atomic E-state index is -1.27. The third-order valence-electron chi connectivity index (χ3n) is 9.60. The van der Waals surface area contributed by atoms with E-state index >= 15 is 0 Å². The number of hydrogen-bond acceptors (Lipinski definition) is 5. The lowest BCUT2D eigenvalue weighted by atomic mass is 9.81. The van der Waals surface area contributed by atoms with Gasteiger partial charge in [0.15, 0.2) is 5.78 Å². The lowest BCUT2D eigenvalue weighted by Crippen LogP contribution is -2.45. The first-order valence-electron chi connectivity index (χ1n) is 14.8. The van der Waals surface area contributed by atoms with E-state index in [1.807, 2.05) is 6.07 Å². The number of aromatic carboxylic acids is 1. The topological polar surface area (TPSA) is 72.7 Å². The minimum Gasteiger partial charge on any atom is -0.545 e. The molecule has 8 rings (SSSR count). The van der Waals surface area contributed by atoms with Crippen molar-refractivity contribution in [1.29, 1.82) is 0 Å². The molecule has 40 heavy (non-hydrogen) atoms. The number of carbonyl (C=O) groups excluding carboxylic acids is 2. The van der Waals surface area contributed by atoms with E-state index in [4.69, 9.17) is 4.74 Å². The molecule has 0 atom stereocenters. The van der Waals surface area contributed by atoms with E-state index < -0.39 is 5.97 Å². The molecule has 6 nitrogen and oxygen atoms in total. The van der Waals surface area contributed by atoms with Gasteiger partial charge in [-0.15, -0.1) is 0 Å². The van der Waals surface area contributed by atoms with Crippen molar-refractivity contribution in [3.63, 3.8) is 0 Å². The van der Waals surface area contributed by atoms with Crippen molar-refractivity contribution in [1.82, 2.24) is 4.58 Å². The number of benzene rings is 3. The summed E-state index contributed by atoms with van der Waals surface area (Å²) in [7, 11) is 0. The van der Waals surface area contributed by atoms with Gasteiger partial charge in [-0.05, 0) is 74.8 Å². The zero-order valence-electron chi connectivity index (χ0n) is 22.9. The molecule has 0 spiro atoms. The third-order valence-corrected chi connectivity index (χ3v) is 9.60. The molecule has 0 aliphatic carbocycles. The highest BCUT2D eigenvalue weighted by Gasteiger charge is 2.36. The Hall–Kier alpha value is -3.93. The number of nitrogens with zero attached hydrogens (tertiary/aromatic N) is 2. The first kappa shape index (κ1) is 23.9. The van der Waals surface area contributed by atoms with Crippen LogP contribution in [0.15, 0.2) is 30.3 Å². The van der Waals surface area contributed by atoms with Crippen molar-refractivity contribution in [2.75, 3.05) is 31.1 Å². The van der Waals surface area contributed by atoms with Crippen molar-refractivity contribution < 1.29 is 19.4 Å². The maximum Gasteiger partial charge on any atom is 0.210 e. The van der Waals surface area contributed by atoms with Crippen LogP contribution in [0.5, 0.6) is 11.5 Å². The van der Waals surface area contributed by atoms with Gasteiger partial charge >= 0.3 is 0 Å². The maximum absolute atomic E-state index is 12.6. The van der Waals surface area contributed by atoms with E-state index in [2.05, 4.69) is 21.6 Å². The van der Waals surface area contributed by atoms with Crippen LogP contribution < -0.4 is 29.9 Å². The van der Waals surface area contributed by atoms with Crippen molar-refractivity contribution >= 4 is 23.0 Å². The highest BCUT2D eigenvalue weighted by atomic mass is 16.5. The molecule has 0 saturated carbocycles. The molecule has 0 fully saturated rings. The molecule has 0 bridgehead atoms. The van der Waals surface area contributed by atoms with Gasteiger partial charge in [-0.1, -0.05) is 12.1 Å². The summed E-state index contributed by atoms with van der Waals surface area (Å²) in [5.41, 5.74) is 9.40. The van der Waals surface area contributed by atoms with Crippen LogP contribution in [0.3, 0.4) is 0 Å². The van der Waals surface area contributed by atoms with Gasteiger partial charge in [0, 0.05) is 70.2 Å². The van der Waals surface area contributed by atoms with Gasteiger partial charge < -0.3 is 19.5 Å². The Kier molecular flexibility index (Phi) is 5.25. The third kappa shape index (κ3) is 3.38. The molecular formula is C34H32N2O4. The fraction of sp³-hybridized carbons (Fsp3) is 0.382. The normalized spacial score (nSPS) is 18.3. The van der Waals surface area contributed by atoms with Gasteiger partial charge in [-0.3, -0.25) is 4.79 Å². The number of carbonyl (C=O) groups is 2. The summed E-state index contributed by atoms with van der Waals surface area (Å²) in [5, 5.41) is 14.9. The Morgan fingerprint density at radius 2 is 1.60 bits per heavy atom. The molecule has 202 valence electrons. The van der Waals surface area contributed by atoms with Gasteiger partial charge in [0.25, 0.3) is 0 Å². The van der Waals surface area contributed by atoms with Crippen molar-refractivity contribution in [2.24, 2.45) is 0 Å². The van der Waals surface area contributed by atoms with E-state index in [0.29, 0.717) is 11.1 Å². The van der Waals surface area contributed by atoms with Gasteiger partial charge in [0.05, 0.1) is 11.5 Å². The van der Waals surface area contributed by atoms with Crippen LogP contribution in [0.1, 0.15) is 86.7 Å². The number of aryl methyl sites for hydroxylation is 2. The van der Waals surface area contributed by atoms with Gasteiger partial charge in [0.1, 0.15) is 24.6 Å². The Balaban J connectivity index is 1.53. The summed E-state index contributed by atoms with van der Waals surface area (Å²) < 4.78 is 9.56. The molecular weight excluding hydrogens is 500 g/mol. The van der Waals surface area contributed by atoms with E-state index in [0.717, 1.165) is 105 Å². The molecule has 0 amide bonds. The minimum absolute atomic E-state index is 0.0579. The summed E-state index contributed by atoms with van der Waals surface area (Å²) >= 11 is 0. The van der Waals surface area contributed by atoms with Crippen molar-refractivity contribution in [3.05, 3.63) is 85.4 Å². The maximum atomic E-state index is 12.6. The smallest absolute Gasteiger partial charge is 0.210 e. The molecule has 5 aliphatic rings. The van der Waals surface area contributed by atoms with Crippen molar-refractivity contribution in [3.8, 4) is 11.5 Å². The number of ketones is 1. The predicted molar refractivity (Wildman–Crippen MR) is 151 cm³/mol. The Bertz CT molecular complexity index is 1800. The zero-order valence-corrected chi connectivity index (χ0v) is 22.9. The second-order valence-electron chi connectivity index (χ2n) is 11.9. The average Bonchev–Trinajstić information content (AvgIpc) is 2.97. The first-order chi connectivity index (χ1) is 19.5. The second kappa shape index (κ2) is 8.79. The fourth-order valence-corrected chi connectivity index (χ4v) is 7.95. The molecule has 3 aromatic rings. The standard InChI is InChI=1S/C34H32N2O4/c1-19(37)20-10-11-23(26(16-20)34(38)39)29-27-17-21-6-2-12-35-14-4-8-24(30(21)35)32(27)40-33-25-9-5-15-36-13-3-7-22(31(25)36)18-28(29)33/h10-11,16-18H,2-9,12-15H2,1H3. The molecule has 0 unspecified atom stereocenters. The number of carboxylic acids is 1. The van der Waals surface area contributed by atoms with E-state index in [1.165, 1.54) is 46.3 Å². The molecule has 0 radical (unpaired) electrons. The lowest BCUT2D eigenvalue weighted by Gasteiger charge is -2.39. The van der Waals surface area contributed by atoms with Crippen LogP contribution in [-0.4, -0.2) is 37.9 Å². The summed E-state index contributed by atoms with van der Waals surface area (Å²) in [4.78, 5) is 27.3. The highest BCUT2D eigenvalue weighted by Crippen LogP contribution is 2.48. The quantitative estimate of drug-likeness (QED) is 0.300. The summed E-state index contributed by atoms with van der Waals surface area (Å²) in [6.07, 6.45) is 8.31. The molecule has 0 saturated heterocycles. The number of rotatable bonds is 3. The van der Waals surface area contributed by atoms with E-state index in [9.17, 15) is 14.7 Å². The average molecular weight is 533 g/mol. The fourth-order valence-electron chi connectivity index (χ4n) is 7.95. The van der Waals surface area contributed by atoms with Crippen LogP contribution in [0, 0.1) is 0 Å². The summed E-state index contributed by atoms with van der Waals surface area (Å²) in [6, 6.07) is 9.58. The summed E-state index contributed by atoms with van der Waals surface area (Å²) in [6.45, 7) is 5.75. The van der Waals surface area contributed by atoms with Crippen molar-refractivity contribution in [2.45, 2.75) is 58.3 Å². The van der Waals surface area contributed by atoms with Crippen LogP contribution in [0.2, 0.25) is 0 Å². The Morgan fingerprint density at radius 3 is 2.40 bits per heavy atom. The first-order valence-corrected chi connectivity index (χ1v) is 14.8. The van der Waals surface area contributed by atoms with Gasteiger partial charge in [-0.25, -0.2) is 4.58 Å². The highest BCUT2D eigenvalue weighted by molar-refractivity contribution is 6.02. The second-order valence-corrected chi connectivity index (χ2v) is 11.9. The van der Waals surface area contributed by atoms with Crippen LogP contribution in [-0.2, 0) is 25.7 Å². The van der Waals surface area contributed by atoms with Gasteiger partial charge in [0.2, 0.25) is 5.36 Å². The number of fused-ring (bicyclic) bond motifs is 4. The van der Waals surface area contributed by atoms with Crippen LogP contribution in [0.25, 0.3) is 5.57 Å². The number of ether oxygens (including phenoxy) is 1. The van der Waals surface area contributed by atoms with E-state index in [1.54, 1.807) is 6.07 Å². The number of carboxylic acid groups (broad SMARTS) is 1. The molecule has 6 heteroatoms. The van der Waals surface area contributed by atoms with Gasteiger partial charge in [-0.2, -0.15) is 0 Å². The molecule has 5 heterocycles. The van der Waals surface area contributed by atoms with E-state index in [-0.39, 0.29) is 11.3 Å². The largest absolute Gasteiger partial charge is 0.545 e. The predicted octanol–water partition coefficient (Wildman–Crippen LogP) is 2.69. The Morgan fingerprint density at radius 1 is 0.850 bits per heavy atom. The monoisotopic (exact) mass is 532 g/mol. The number of hydrogen-bond donors (Lipinski definition) is 0. The Labute approximate surface area is 233 Å². The van der Waals surface area contributed by atoms with Crippen LogP contribution in [0.4, 0.5) is 5.69 Å². The molecule has 0 N–H and O–H groups in total. The molecule has 5 aliphatic heterocycles. The summed E-state index contributed by atoms with van der Waals surface area (Å²) in [5.74, 6) is 0.342. The lowest BCUT2D eigenvalue weighted by molar-refractivity contribution is -0.255. The van der Waals surface area contributed by atoms with Crippen LogP contribution >= 0.6 is 0 Å². The molecule has 3 aromatic carbocycles. The number of Topliss-reactive ketones (excluding diaryl/α,β-unsaturated/α-hetero) is 1. The SMILES string of the molecule is CC(=O)c1ccc(C2=c3cc4c5c(c3Oc3c2cc2c6c3CCCN6CCC2)CCC[N+]=5CCC4)c(C(=O)[O-])c1. The molecule has 0 aromatic heterocycles. The zero-order chi connectivity index (χ0) is 27.1. The number of anilines is 1.